The summed E-state index contributed by atoms with van der Waals surface area (Å²) in [5, 5.41) is 55.6. The highest BCUT2D eigenvalue weighted by molar-refractivity contribution is 6.00. The van der Waals surface area contributed by atoms with E-state index in [-0.39, 0.29) is 33.7 Å². The van der Waals surface area contributed by atoms with E-state index in [1.165, 1.54) is 30.3 Å². The van der Waals surface area contributed by atoms with Gasteiger partial charge in [-0.15, -0.1) is 4.99 Å². The number of carbonyl (C=O) groups excluding carboxylic acids is 6. The largest absolute Gasteiger partial charge is 0.505 e. The van der Waals surface area contributed by atoms with Crippen LogP contribution in [0.3, 0.4) is 0 Å². The van der Waals surface area contributed by atoms with Crippen LogP contribution in [0, 0.1) is 10.1 Å². The third-order valence-electron chi connectivity index (χ3n) is 10.2. The minimum Gasteiger partial charge on any atom is -0.505 e. The number of phenolic OH excluding ortho intramolecular Hbond substituents is 1. The monoisotopic (exact) mass is 1080 g/mol. The van der Waals surface area contributed by atoms with Crippen LogP contribution < -0.4 is 88.6 Å². The van der Waals surface area contributed by atoms with Gasteiger partial charge in [0.15, 0.2) is 29.7 Å². The highest BCUT2D eigenvalue weighted by Crippen LogP contribution is 2.36. The van der Waals surface area contributed by atoms with Crippen molar-refractivity contribution in [1.82, 2.24) is 36.6 Å². The average Bonchev–Trinajstić information content (AvgIpc) is 3.40. The summed E-state index contributed by atoms with van der Waals surface area (Å²) in [5.41, 5.74) is 50.2. The molecule has 0 bridgehead atoms. The van der Waals surface area contributed by atoms with Crippen molar-refractivity contribution in [3.05, 3.63) is 118 Å². The Kier molecular flexibility index (Phi) is 19.3. The number of rotatable bonds is 24. The average molecular weight is 1080 g/mol. The molecule has 0 aliphatic rings. The lowest BCUT2D eigenvalue weighted by molar-refractivity contribution is -0.384. The van der Waals surface area contributed by atoms with E-state index in [1.807, 2.05) is 16.1 Å². The Morgan fingerprint density at radius 1 is 0.628 bits per heavy atom. The fraction of sp³-hybridized carbons (Fsp3) is 0.163. The molecule has 410 valence electrons. The Balaban J connectivity index is 1.53. The number of hydrogen-bond acceptors (Lipinski definition) is 20. The highest BCUT2D eigenvalue weighted by Gasteiger charge is 2.36. The number of nitrogens with one attached hydrogen (secondary N) is 6. The number of nitro benzene ring substituents is 1. The minimum atomic E-state index is -2.44. The van der Waals surface area contributed by atoms with E-state index in [4.69, 9.17) is 56.9 Å². The number of aliphatic hydroxyl groups excluding tert-OH is 1. The number of aliphatic hydroxyl groups is 1. The van der Waals surface area contributed by atoms with Crippen LogP contribution in [0.25, 0.3) is 22.3 Å². The van der Waals surface area contributed by atoms with Gasteiger partial charge in [0.1, 0.15) is 23.3 Å². The first kappa shape index (κ1) is 57.7. The van der Waals surface area contributed by atoms with Gasteiger partial charge in [0, 0.05) is 28.6 Å². The van der Waals surface area contributed by atoms with Crippen molar-refractivity contribution in [2.45, 2.75) is 43.5 Å². The third-order valence-corrected chi connectivity index (χ3v) is 10.2. The highest BCUT2D eigenvalue weighted by atomic mass is 17.2. The van der Waals surface area contributed by atoms with E-state index in [1.54, 1.807) is 54.6 Å². The maximum absolute atomic E-state index is 14.6. The SMILES string of the molecule is NC(=O)C(N=C(N)N)NC(=O)C(N=C(N)N)NC(=O)C(N=C(N)N)NC(=O)C(N=C(N)N)NC(=O)C(NC(=O)C(O)N(Cc1cc([N+](=O)[O-])cc(NOO)c1O)c1nc(-c2ccccc2)nc2ccccc12)c1ccccc1. The third kappa shape index (κ3) is 15.4. The quantitative estimate of drug-likeness (QED) is 0.00521. The lowest BCUT2D eigenvalue weighted by Crippen LogP contribution is -2.58. The van der Waals surface area contributed by atoms with Crippen LogP contribution >= 0.6 is 0 Å². The van der Waals surface area contributed by atoms with Crippen LogP contribution in [0.2, 0.25) is 0 Å². The number of phenols is 1. The molecule has 27 N–H and O–H groups in total. The summed E-state index contributed by atoms with van der Waals surface area (Å²) < 4.78 is 0. The van der Waals surface area contributed by atoms with Crippen molar-refractivity contribution in [2.24, 2.45) is 71.6 Å². The van der Waals surface area contributed by atoms with E-state index >= 15 is 0 Å². The number of hydrogen-bond donors (Lipinski definition) is 18. The topological polar surface area (TPSA) is 600 Å². The van der Waals surface area contributed by atoms with E-state index < -0.39 is 125 Å². The summed E-state index contributed by atoms with van der Waals surface area (Å²) in [6.07, 6.45) is -10.9. The van der Waals surface area contributed by atoms with E-state index in [0.717, 1.165) is 17.0 Å². The van der Waals surface area contributed by atoms with Gasteiger partial charge in [0.25, 0.3) is 35.2 Å². The van der Waals surface area contributed by atoms with Gasteiger partial charge in [-0.05, 0) is 17.7 Å². The molecule has 35 heteroatoms. The van der Waals surface area contributed by atoms with Crippen LogP contribution in [0.1, 0.15) is 17.2 Å². The molecule has 4 aromatic carbocycles. The molecule has 5 rings (SSSR count). The number of non-ortho nitro benzene ring substituents is 1. The molecule has 0 aliphatic heterocycles. The van der Waals surface area contributed by atoms with Gasteiger partial charge >= 0.3 is 0 Å². The normalized spacial score (nSPS) is 12.9. The molecule has 5 aromatic rings. The van der Waals surface area contributed by atoms with E-state index in [9.17, 15) is 49.1 Å². The van der Waals surface area contributed by atoms with E-state index in [0.29, 0.717) is 5.56 Å². The summed E-state index contributed by atoms with van der Waals surface area (Å²) in [7, 11) is 0. The van der Waals surface area contributed by atoms with Crippen LogP contribution in [0.5, 0.6) is 5.75 Å². The lowest BCUT2D eigenvalue weighted by atomic mass is 10.1. The number of guanidine groups is 4. The number of carbonyl (C=O) groups is 6. The molecule has 6 atom stereocenters. The van der Waals surface area contributed by atoms with Gasteiger partial charge in [-0.2, -0.15) is 0 Å². The maximum atomic E-state index is 14.6. The molecule has 0 aliphatic carbocycles. The maximum Gasteiger partial charge on any atom is 0.272 e. The Labute approximate surface area is 438 Å². The van der Waals surface area contributed by atoms with Crippen LogP contribution in [0.4, 0.5) is 17.2 Å². The molecule has 35 nitrogen and oxygen atoms in total. The molecule has 0 saturated heterocycles. The second-order valence-corrected chi connectivity index (χ2v) is 15.8. The number of amides is 6. The molecular formula is C43H51N23O12. The first-order valence-electron chi connectivity index (χ1n) is 22.0. The molecule has 78 heavy (non-hydrogen) atoms. The van der Waals surface area contributed by atoms with Crippen molar-refractivity contribution in [3.63, 3.8) is 0 Å². The minimum absolute atomic E-state index is 0.00100. The second-order valence-electron chi connectivity index (χ2n) is 15.8. The fourth-order valence-electron chi connectivity index (χ4n) is 6.88. The number of nitrogens with zero attached hydrogens (tertiary/aromatic N) is 8. The Hall–Kier alpha value is -11.2. The standard InChI is InChI=1S/C43H51N23O12/c44-27(68)29(60-40(45)46)56-35(70)31(62-42(49)50)58-37(72)32(63-43(51)52)59-36(71)30(61-41(47)48)57-34(69)25(18-9-3-1-4-10-18)54-38(73)39(74)65(17-20-15-21(66(75)76)16-24(26(20)67)64-78-77)33-22-13-7-8-14-23(22)53-28(55-33)19-11-5-2-6-12-19/h1-16,25,29-32,39,64,67,74,77H,17H2,(H2,44,68)(H,54,73)(H,56,70)(H,57,69)(H,58,72)(H,59,71)(H4,45,46,60)(H4,47,48,61)(H4,49,50,62)(H4,51,52,63). The number of aromatic nitrogens is 2. The summed E-state index contributed by atoms with van der Waals surface area (Å²) in [6.45, 7) is -0.778. The summed E-state index contributed by atoms with van der Waals surface area (Å²) in [4.78, 5) is 122. The van der Waals surface area contributed by atoms with Crippen LogP contribution in [-0.2, 0) is 40.3 Å². The molecule has 0 radical (unpaired) electrons. The number of nitro groups is 1. The number of primary amides is 1. The van der Waals surface area contributed by atoms with Crippen LogP contribution in [0.15, 0.2) is 117 Å². The van der Waals surface area contributed by atoms with Crippen molar-refractivity contribution < 1.29 is 54.1 Å². The van der Waals surface area contributed by atoms with Crippen molar-refractivity contribution in [3.8, 4) is 17.1 Å². The first-order valence-corrected chi connectivity index (χ1v) is 22.0. The summed E-state index contributed by atoms with van der Waals surface area (Å²) in [5.74, 6) is -12.2. The first-order chi connectivity index (χ1) is 37.0. The van der Waals surface area contributed by atoms with E-state index in [2.05, 4.69) is 50.9 Å². The molecule has 6 unspecified atom stereocenters. The zero-order valence-corrected chi connectivity index (χ0v) is 40.2. The molecule has 1 heterocycles. The van der Waals surface area contributed by atoms with Gasteiger partial charge in [-0.25, -0.2) is 40.7 Å². The van der Waals surface area contributed by atoms with Gasteiger partial charge in [0.05, 0.1) is 17.0 Å². The zero-order chi connectivity index (χ0) is 57.4. The number of anilines is 2. The van der Waals surface area contributed by atoms with Crippen LogP contribution in [-0.4, -0.2) is 121 Å². The van der Waals surface area contributed by atoms with Gasteiger partial charge in [-0.1, -0.05) is 72.8 Å². The van der Waals surface area contributed by atoms with Gasteiger partial charge in [-0.3, -0.25) is 38.9 Å². The molecule has 0 saturated carbocycles. The lowest BCUT2D eigenvalue weighted by Gasteiger charge is -2.31. The molecule has 0 fully saturated rings. The predicted molar refractivity (Wildman–Crippen MR) is 277 cm³/mol. The zero-order valence-electron chi connectivity index (χ0n) is 40.2. The number of para-hydroxylation sites is 1. The number of aliphatic imine (C=N–C) groups is 4. The number of nitrogens with two attached hydrogens (primary N) is 9. The van der Waals surface area contributed by atoms with Crippen molar-refractivity contribution in [2.75, 3.05) is 10.4 Å². The second kappa shape index (κ2) is 26.1. The summed E-state index contributed by atoms with van der Waals surface area (Å²) in [6, 6.07) is 21.8. The number of aromatic hydroxyl groups is 1. The molecule has 0 spiro atoms. The number of fused-ring (bicyclic) bond motifs is 1. The van der Waals surface area contributed by atoms with Gasteiger partial charge < -0.3 is 93.3 Å². The predicted octanol–water partition coefficient (Wildman–Crippen LogP) is -5.74. The molecule has 6 amide bonds. The Morgan fingerprint density at radius 3 is 1.60 bits per heavy atom. The summed E-state index contributed by atoms with van der Waals surface area (Å²) >= 11 is 0. The van der Waals surface area contributed by atoms with Crippen molar-refractivity contribution >= 4 is 87.4 Å². The number of benzene rings is 4. The fourth-order valence-corrected chi connectivity index (χ4v) is 6.88. The smallest absolute Gasteiger partial charge is 0.272 e. The Morgan fingerprint density at radius 2 is 1.10 bits per heavy atom. The van der Waals surface area contributed by atoms with Crippen molar-refractivity contribution in [1.29, 1.82) is 0 Å². The Bertz CT molecular complexity index is 3170. The van der Waals surface area contributed by atoms with Gasteiger partial charge in [0.2, 0.25) is 36.8 Å². The molecule has 1 aromatic heterocycles. The molecular weight excluding hydrogens is 1030 g/mol.